The van der Waals surface area contributed by atoms with Gasteiger partial charge in [0.05, 0.1) is 46.8 Å². The summed E-state index contributed by atoms with van der Waals surface area (Å²) in [5.74, 6) is 3.05. The second kappa shape index (κ2) is 11.0. The van der Waals surface area contributed by atoms with E-state index in [1.54, 1.807) is 40.6 Å². The van der Waals surface area contributed by atoms with Crippen molar-refractivity contribution in [2.45, 2.75) is 6.04 Å². The van der Waals surface area contributed by atoms with Crippen molar-refractivity contribution >= 4 is 5.69 Å². The first-order valence-electron chi connectivity index (χ1n) is 10.3. The molecule has 170 valence electrons. The van der Waals surface area contributed by atoms with Crippen molar-refractivity contribution in [1.82, 2.24) is 4.90 Å². The number of benzene rings is 2. The van der Waals surface area contributed by atoms with Gasteiger partial charge in [-0.1, -0.05) is 12.1 Å². The molecule has 1 aliphatic heterocycles. The van der Waals surface area contributed by atoms with Gasteiger partial charge in [-0.25, -0.2) is 0 Å². The first-order valence-corrected chi connectivity index (χ1v) is 10.3. The van der Waals surface area contributed by atoms with E-state index in [1.807, 2.05) is 18.2 Å². The summed E-state index contributed by atoms with van der Waals surface area (Å²) >= 11 is 0. The summed E-state index contributed by atoms with van der Waals surface area (Å²) in [5, 5.41) is 9.98. The van der Waals surface area contributed by atoms with Gasteiger partial charge in [0, 0.05) is 38.3 Å². The molecule has 1 heterocycles. The number of nitrogens with zero attached hydrogens (tertiary/aromatic N) is 2. The highest BCUT2D eigenvalue weighted by Gasteiger charge is 2.25. The number of hydrogen-bond donors (Lipinski definition) is 1. The molecule has 1 fully saturated rings. The standard InChI is InChI=1S/C23H32N2O6/c1-27-20-8-6-5-7-19(20)25-11-9-24(10-12-25)17(15-26)16-31-18-13-21(28-2)23(30-4)22(14-18)29-3/h5-8,13-14,17,26H,9-12,15-16H2,1-4H3. The molecule has 1 aliphatic rings. The summed E-state index contributed by atoms with van der Waals surface area (Å²) in [6.45, 7) is 3.70. The Bertz CT molecular complexity index is 814. The molecule has 3 rings (SSSR count). The van der Waals surface area contributed by atoms with Crippen molar-refractivity contribution in [3.63, 3.8) is 0 Å². The third kappa shape index (κ3) is 5.26. The van der Waals surface area contributed by atoms with Gasteiger partial charge in [-0.2, -0.15) is 0 Å². The minimum Gasteiger partial charge on any atom is -0.495 e. The van der Waals surface area contributed by atoms with Gasteiger partial charge in [-0.3, -0.25) is 4.90 Å². The van der Waals surface area contributed by atoms with Crippen molar-refractivity contribution in [2.75, 3.05) is 72.7 Å². The normalized spacial score (nSPS) is 15.3. The van der Waals surface area contributed by atoms with Gasteiger partial charge in [0.1, 0.15) is 18.1 Å². The molecule has 0 aliphatic carbocycles. The van der Waals surface area contributed by atoms with E-state index in [4.69, 9.17) is 23.7 Å². The Balaban J connectivity index is 1.61. The lowest BCUT2D eigenvalue weighted by atomic mass is 10.2. The molecule has 0 saturated carbocycles. The van der Waals surface area contributed by atoms with Crippen LogP contribution in [0.5, 0.6) is 28.7 Å². The van der Waals surface area contributed by atoms with Crippen LogP contribution in [-0.2, 0) is 0 Å². The van der Waals surface area contributed by atoms with Crippen LogP contribution in [0.4, 0.5) is 5.69 Å². The zero-order chi connectivity index (χ0) is 22.2. The maximum Gasteiger partial charge on any atom is 0.203 e. The van der Waals surface area contributed by atoms with Gasteiger partial charge in [0.25, 0.3) is 0 Å². The molecule has 0 aromatic heterocycles. The number of anilines is 1. The quantitative estimate of drug-likeness (QED) is 0.613. The molecule has 1 saturated heterocycles. The number of para-hydroxylation sites is 2. The van der Waals surface area contributed by atoms with Crippen LogP contribution in [0.25, 0.3) is 0 Å². The van der Waals surface area contributed by atoms with Gasteiger partial charge in [-0.05, 0) is 12.1 Å². The summed E-state index contributed by atoms with van der Waals surface area (Å²) in [5.41, 5.74) is 1.10. The molecule has 1 unspecified atom stereocenters. The zero-order valence-electron chi connectivity index (χ0n) is 18.7. The molecule has 0 spiro atoms. The fraction of sp³-hybridized carbons (Fsp3) is 0.478. The van der Waals surface area contributed by atoms with Crippen molar-refractivity contribution in [3.8, 4) is 28.7 Å². The van der Waals surface area contributed by atoms with Crippen molar-refractivity contribution < 1.29 is 28.8 Å². The number of rotatable bonds is 10. The maximum atomic E-state index is 9.98. The molecule has 0 amide bonds. The minimum atomic E-state index is -0.112. The second-order valence-corrected chi connectivity index (χ2v) is 7.20. The summed E-state index contributed by atoms with van der Waals surface area (Å²) in [4.78, 5) is 4.56. The number of piperazine rings is 1. The van der Waals surface area contributed by atoms with E-state index < -0.39 is 0 Å². The van der Waals surface area contributed by atoms with Crippen LogP contribution in [0, 0.1) is 0 Å². The Hall–Kier alpha value is -2.84. The van der Waals surface area contributed by atoms with E-state index in [2.05, 4.69) is 15.9 Å². The summed E-state index contributed by atoms with van der Waals surface area (Å²) < 4.78 is 27.6. The monoisotopic (exact) mass is 432 g/mol. The van der Waals surface area contributed by atoms with Crippen LogP contribution in [0.2, 0.25) is 0 Å². The van der Waals surface area contributed by atoms with Crippen LogP contribution in [-0.4, -0.2) is 83.9 Å². The lowest BCUT2D eigenvalue weighted by Crippen LogP contribution is -2.53. The highest BCUT2D eigenvalue weighted by atomic mass is 16.5. The lowest BCUT2D eigenvalue weighted by molar-refractivity contribution is 0.0778. The maximum absolute atomic E-state index is 9.98. The Kier molecular flexibility index (Phi) is 8.08. The molecular weight excluding hydrogens is 400 g/mol. The van der Waals surface area contributed by atoms with Crippen molar-refractivity contribution in [1.29, 1.82) is 0 Å². The van der Waals surface area contributed by atoms with E-state index in [-0.39, 0.29) is 12.6 Å². The zero-order valence-corrected chi connectivity index (χ0v) is 18.7. The molecular formula is C23H32N2O6. The van der Waals surface area contributed by atoms with Gasteiger partial charge in [-0.15, -0.1) is 0 Å². The van der Waals surface area contributed by atoms with Crippen molar-refractivity contribution in [3.05, 3.63) is 36.4 Å². The molecule has 2 aromatic rings. The average Bonchev–Trinajstić information content (AvgIpc) is 2.84. The molecule has 1 N–H and O–H groups in total. The predicted octanol–water partition coefficient (Wildman–Crippen LogP) is 2.28. The molecule has 31 heavy (non-hydrogen) atoms. The fourth-order valence-electron chi connectivity index (χ4n) is 3.83. The van der Waals surface area contributed by atoms with Crippen LogP contribution in [0.3, 0.4) is 0 Å². The van der Waals surface area contributed by atoms with E-state index in [0.717, 1.165) is 37.6 Å². The van der Waals surface area contributed by atoms with E-state index in [9.17, 15) is 5.11 Å². The number of aliphatic hydroxyl groups excluding tert-OH is 1. The molecule has 8 nitrogen and oxygen atoms in total. The van der Waals surface area contributed by atoms with Gasteiger partial charge < -0.3 is 33.7 Å². The number of hydrogen-bond acceptors (Lipinski definition) is 8. The number of ether oxygens (including phenoxy) is 5. The Morgan fingerprint density at radius 2 is 1.45 bits per heavy atom. The molecule has 0 bridgehead atoms. The lowest BCUT2D eigenvalue weighted by Gasteiger charge is -2.39. The summed E-state index contributed by atoms with van der Waals surface area (Å²) in [7, 11) is 6.39. The summed E-state index contributed by atoms with van der Waals surface area (Å²) in [6.07, 6.45) is 0. The van der Waals surface area contributed by atoms with Gasteiger partial charge in [0.2, 0.25) is 5.75 Å². The molecule has 1 atom stereocenters. The Morgan fingerprint density at radius 3 is 2.00 bits per heavy atom. The largest absolute Gasteiger partial charge is 0.495 e. The molecule has 2 aromatic carbocycles. The van der Waals surface area contributed by atoms with Crippen molar-refractivity contribution in [2.24, 2.45) is 0 Å². The Labute approximate surface area is 183 Å². The fourth-order valence-corrected chi connectivity index (χ4v) is 3.83. The van der Waals surface area contributed by atoms with Crippen LogP contribution < -0.4 is 28.6 Å². The van der Waals surface area contributed by atoms with E-state index in [0.29, 0.717) is 29.6 Å². The van der Waals surface area contributed by atoms with Crippen LogP contribution >= 0.6 is 0 Å². The average molecular weight is 433 g/mol. The third-order valence-electron chi connectivity index (χ3n) is 5.55. The molecule has 0 radical (unpaired) electrons. The summed E-state index contributed by atoms with van der Waals surface area (Å²) in [6, 6.07) is 11.5. The van der Waals surface area contributed by atoms with Crippen LogP contribution in [0.15, 0.2) is 36.4 Å². The Morgan fingerprint density at radius 1 is 0.839 bits per heavy atom. The predicted molar refractivity (Wildman–Crippen MR) is 119 cm³/mol. The smallest absolute Gasteiger partial charge is 0.203 e. The SMILES string of the molecule is COc1ccccc1N1CCN(C(CO)COc2cc(OC)c(OC)c(OC)c2)CC1. The number of methoxy groups -OCH3 is 4. The third-order valence-corrected chi connectivity index (χ3v) is 5.55. The van der Waals surface area contributed by atoms with Crippen LogP contribution in [0.1, 0.15) is 0 Å². The number of aliphatic hydroxyl groups is 1. The highest BCUT2D eigenvalue weighted by molar-refractivity contribution is 5.58. The van der Waals surface area contributed by atoms with Gasteiger partial charge in [0.15, 0.2) is 11.5 Å². The second-order valence-electron chi connectivity index (χ2n) is 7.20. The van der Waals surface area contributed by atoms with E-state index in [1.165, 1.54) is 0 Å². The first-order chi connectivity index (χ1) is 15.1. The topological polar surface area (TPSA) is 72.9 Å². The van der Waals surface area contributed by atoms with E-state index >= 15 is 0 Å². The minimum absolute atomic E-state index is 0.0130. The molecule has 8 heteroatoms. The van der Waals surface area contributed by atoms with Gasteiger partial charge >= 0.3 is 0 Å². The highest BCUT2D eigenvalue weighted by Crippen LogP contribution is 2.40. The first kappa shape index (κ1) is 22.8.